The predicted molar refractivity (Wildman–Crippen MR) is 81.6 cm³/mol. The number of aromatic hydroxyl groups is 1. The van der Waals surface area contributed by atoms with E-state index in [0.717, 1.165) is 11.3 Å². The number of para-hydroxylation sites is 2. The molecule has 2 aromatic rings. The molecular formula is C17H19NO3. The number of carbonyl (C=O) groups excluding carboxylic acids is 1. The lowest BCUT2D eigenvalue weighted by atomic mass is 10.1. The summed E-state index contributed by atoms with van der Waals surface area (Å²) in [5.41, 5.74) is 1.92. The van der Waals surface area contributed by atoms with Crippen LogP contribution in [-0.2, 0) is 6.54 Å². The van der Waals surface area contributed by atoms with E-state index in [-0.39, 0.29) is 11.7 Å². The van der Waals surface area contributed by atoms with Gasteiger partial charge in [-0.15, -0.1) is 0 Å². The molecule has 0 atom stereocenters. The highest BCUT2D eigenvalue weighted by Crippen LogP contribution is 2.24. The van der Waals surface area contributed by atoms with Crippen molar-refractivity contribution in [3.63, 3.8) is 0 Å². The molecule has 0 bridgehead atoms. The molecule has 0 aliphatic rings. The number of benzene rings is 2. The van der Waals surface area contributed by atoms with E-state index in [4.69, 9.17) is 4.74 Å². The number of phenolic OH excluding ortho intramolecular Hbond substituents is 1. The maximum absolute atomic E-state index is 12.4. The van der Waals surface area contributed by atoms with Crippen LogP contribution in [0.4, 0.5) is 0 Å². The topological polar surface area (TPSA) is 49.8 Å². The second-order valence-corrected chi connectivity index (χ2v) is 4.94. The highest BCUT2D eigenvalue weighted by atomic mass is 16.5. The zero-order valence-electron chi connectivity index (χ0n) is 12.5. The van der Waals surface area contributed by atoms with Gasteiger partial charge in [0.05, 0.1) is 12.7 Å². The van der Waals surface area contributed by atoms with Crippen LogP contribution < -0.4 is 4.74 Å². The summed E-state index contributed by atoms with van der Waals surface area (Å²) in [6.45, 7) is 2.18. The van der Waals surface area contributed by atoms with Crippen molar-refractivity contribution in [3.8, 4) is 11.5 Å². The van der Waals surface area contributed by atoms with Crippen LogP contribution in [0.25, 0.3) is 0 Å². The molecule has 110 valence electrons. The molecule has 21 heavy (non-hydrogen) atoms. The SMILES string of the molecule is COc1ccccc1CN(C)C(=O)c1cccc(C)c1O. The Morgan fingerprint density at radius 3 is 2.62 bits per heavy atom. The fourth-order valence-electron chi connectivity index (χ4n) is 2.20. The highest BCUT2D eigenvalue weighted by Gasteiger charge is 2.17. The first-order valence-electron chi connectivity index (χ1n) is 6.70. The Hall–Kier alpha value is -2.49. The average Bonchev–Trinajstić information content (AvgIpc) is 2.50. The summed E-state index contributed by atoms with van der Waals surface area (Å²) >= 11 is 0. The van der Waals surface area contributed by atoms with Crippen LogP contribution in [-0.4, -0.2) is 30.1 Å². The van der Waals surface area contributed by atoms with E-state index in [1.165, 1.54) is 0 Å². The molecular weight excluding hydrogens is 266 g/mol. The minimum absolute atomic E-state index is 0.0365. The van der Waals surface area contributed by atoms with Crippen molar-refractivity contribution >= 4 is 5.91 Å². The van der Waals surface area contributed by atoms with Gasteiger partial charge < -0.3 is 14.7 Å². The third kappa shape index (κ3) is 3.16. The number of hydrogen-bond acceptors (Lipinski definition) is 3. The van der Waals surface area contributed by atoms with Gasteiger partial charge in [-0.3, -0.25) is 4.79 Å². The molecule has 2 rings (SSSR count). The number of methoxy groups -OCH3 is 1. The summed E-state index contributed by atoms with van der Waals surface area (Å²) in [5, 5.41) is 10.0. The lowest BCUT2D eigenvalue weighted by molar-refractivity contribution is 0.0781. The van der Waals surface area contributed by atoms with Gasteiger partial charge in [0.1, 0.15) is 11.5 Å². The fourth-order valence-corrected chi connectivity index (χ4v) is 2.20. The van der Waals surface area contributed by atoms with Crippen molar-refractivity contribution in [2.45, 2.75) is 13.5 Å². The van der Waals surface area contributed by atoms with E-state index in [0.29, 0.717) is 17.7 Å². The van der Waals surface area contributed by atoms with Gasteiger partial charge in [0.25, 0.3) is 5.91 Å². The molecule has 0 spiro atoms. The first-order valence-corrected chi connectivity index (χ1v) is 6.70. The summed E-state index contributed by atoms with van der Waals surface area (Å²) in [7, 11) is 3.31. The maximum Gasteiger partial charge on any atom is 0.257 e. The number of hydrogen-bond donors (Lipinski definition) is 1. The van der Waals surface area contributed by atoms with Gasteiger partial charge in [0.2, 0.25) is 0 Å². The number of carbonyl (C=O) groups is 1. The van der Waals surface area contributed by atoms with E-state index in [9.17, 15) is 9.90 Å². The number of aryl methyl sites for hydroxylation is 1. The first-order chi connectivity index (χ1) is 10.0. The molecule has 0 unspecified atom stereocenters. The van der Waals surface area contributed by atoms with Crippen LogP contribution in [0.3, 0.4) is 0 Å². The summed E-state index contributed by atoms with van der Waals surface area (Å²) in [4.78, 5) is 14.0. The van der Waals surface area contributed by atoms with Gasteiger partial charge in [0.15, 0.2) is 0 Å². The van der Waals surface area contributed by atoms with Crippen molar-refractivity contribution in [1.29, 1.82) is 0 Å². The zero-order chi connectivity index (χ0) is 15.4. The maximum atomic E-state index is 12.4. The Morgan fingerprint density at radius 2 is 1.90 bits per heavy atom. The van der Waals surface area contributed by atoms with Crippen LogP contribution >= 0.6 is 0 Å². The van der Waals surface area contributed by atoms with Crippen LogP contribution in [0.2, 0.25) is 0 Å². The van der Waals surface area contributed by atoms with Crippen LogP contribution in [0.5, 0.6) is 11.5 Å². The molecule has 4 heteroatoms. The van der Waals surface area contributed by atoms with Gasteiger partial charge in [0, 0.05) is 19.2 Å². The quantitative estimate of drug-likeness (QED) is 0.939. The third-order valence-corrected chi connectivity index (χ3v) is 3.41. The molecule has 0 radical (unpaired) electrons. The fraction of sp³-hybridized carbons (Fsp3) is 0.235. The number of nitrogens with zero attached hydrogens (tertiary/aromatic N) is 1. The second-order valence-electron chi connectivity index (χ2n) is 4.94. The van der Waals surface area contributed by atoms with E-state index in [2.05, 4.69) is 0 Å². The molecule has 0 aromatic heterocycles. The molecule has 0 aliphatic carbocycles. The molecule has 0 saturated carbocycles. The Labute approximate surface area is 124 Å². The number of amides is 1. The number of rotatable bonds is 4. The molecule has 1 amide bonds. The Balaban J connectivity index is 2.22. The minimum atomic E-state index is -0.220. The summed E-state index contributed by atoms with van der Waals surface area (Å²) in [5.74, 6) is 0.557. The molecule has 2 aromatic carbocycles. The lowest BCUT2D eigenvalue weighted by Crippen LogP contribution is -2.26. The molecule has 4 nitrogen and oxygen atoms in total. The summed E-state index contributed by atoms with van der Waals surface area (Å²) < 4.78 is 5.29. The minimum Gasteiger partial charge on any atom is -0.507 e. The first kappa shape index (κ1) is 14.9. The molecule has 1 N–H and O–H groups in total. The van der Waals surface area contributed by atoms with Gasteiger partial charge in [-0.2, -0.15) is 0 Å². The Morgan fingerprint density at radius 1 is 1.19 bits per heavy atom. The summed E-state index contributed by atoms with van der Waals surface area (Å²) in [6, 6.07) is 12.7. The normalized spacial score (nSPS) is 10.2. The van der Waals surface area contributed by atoms with Crippen molar-refractivity contribution in [2.75, 3.05) is 14.2 Å². The van der Waals surface area contributed by atoms with Crippen LogP contribution in [0, 0.1) is 6.92 Å². The van der Waals surface area contributed by atoms with Crippen molar-refractivity contribution in [3.05, 3.63) is 59.2 Å². The molecule has 0 heterocycles. The van der Waals surface area contributed by atoms with E-state index >= 15 is 0 Å². The number of phenols is 1. The Kier molecular flexibility index (Phi) is 4.48. The van der Waals surface area contributed by atoms with Crippen molar-refractivity contribution < 1.29 is 14.6 Å². The number of ether oxygens (including phenoxy) is 1. The van der Waals surface area contributed by atoms with Gasteiger partial charge in [-0.1, -0.05) is 30.3 Å². The predicted octanol–water partition coefficient (Wildman–Crippen LogP) is 2.98. The molecule has 0 saturated heterocycles. The third-order valence-electron chi connectivity index (χ3n) is 3.41. The zero-order valence-corrected chi connectivity index (χ0v) is 12.5. The van der Waals surface area contributed by atoms with Gasteiger partial charge in [-0.25, -0.2) is 0 Å². The molecule has 0 fully saturated rings. The summed E-state index contributed by atoms with van der Waals surface area (Å²) in [6.07, 6.45) is 0. The lowest BCUT2D eigenvalue weighted by Gasteiger charge is -2.19. The largest absolute Gasteiger partial charge is 0.507 e. The second kappa shape index (κ2) is 6.31. The van der Waals surface area contributed by atoms with E-state index < -0.39 is 0 Å². The van der Waals surface area contributed by atoms with E-state index in [1.807, 2.05) is 24.3 Å². The van der Waals surface area contributed by atoms with Crippen molar-refractivity contribution in [2.24, 2.45) is 0 Å². The van der Waals surface area contributed by atoms with Gasteiger partial charge in [-0.05, 0) is 24.6 Å². The smallest absolute Gasteiger partial charge is 0.257 e. The van der Waals surface area contributed by atoms with Crippen LogP contribution in [0.15, 0.2) is 42.5 Å². The van der Waals surface area contributed by atoms with Crippen molar-refractivity contribution in [1.82, 2.24) is 4.90 Å². The Bertz CT molecular complexity index is 652. The molecule has 0 aliphatic heterocycles. The highest BCUT2D eigenvalue weighted by molar-refractivity contribution is 5.97. The van der Waals surface area contributed by atoms with Crippen LogP contribution in [0.1, 0.15) is 21.5 Å². The standard InChI is InChI=1S/C17H19NO3/c1-12-7-6-9-14(16(12)19)17(20)18(2)11-13-8-4-5-10-15(13)21-3/h4-10,19H,11H2,1-3H3. The van der Waals surface area contributed by atoms with Gasteiger partial charge >= 0.3 is 0 Å². The average molecular weight is 285 g/mol. The monoisotopic (exact) mass is 285 g/mol. The van der Waals surface area contributed by atoms with E-state index in [1.54, 1.807) is 44.2 Å².